The first-order valence-electron chi connectivity index (χ1n) is 5.51. The van der Waals surface area contributed by atoms with Gasteiger partial charge in [-0.3, -0.25) is 15.1 Å². The molecule has 0 N–H and O–H groups in total. The Balaban J connectivity index is 2.36. The second kappa shape index (κ2) is 5.36. The zero-order valence-electron chi connectivity index (χ0n) is 10.4. The fourth-order valence-electron chi connectivity index (χ4n) is 1.66. The zero-order valence-corrected chi connectivity index (χ0v) is 12.0. The third kappa shape index (κ3) is 3.08. The molecule has 0 aliphatic carbocycles. The van der Waals surface area contributed by atoms with E-state index in [0.717, 1.165) is 4.47 Å². The van der Waals surface area contributed by atoms with Crippen LogP contribution in [0.5, 0.6) is 11.5 Å². The number of hydrogen-bond donors (Lipinski definition) is 0. The normalized spacial score (nSPS) is 10.3. The van der Waals surface area contributed by atoms with Gasteiger partial charge >= 0.3 is 0 Å². The molecule has 0 radical (unpaired) electrons. The maximum absolute atomic E-state index is 10.8. The SMILES string of the molecule is Cc1cc([N+](=O)[O-])c(C)cc1Oc1cncc(Br)c1. The number of nitro groups is 1. The number of nitrogens with zero attached hydrogens (tertiary/aromatic N) is 2. The quantitative estimate of drug-likeness (QED) is 0.628. The summed E-state index contributed by atoms with van der Waals surface area (Å²) in [6.45, 7) is 3.46. The minimum atomic E-state index is -0.396. The number of ether oxygens (including phenoxy) is 1. The van der Waals surface area contributed by atoms with E-state index in [4.69, 9.17) is 4.74 Å². The molecule has 1 aromatic heterocycles. The summed E-state index contributed by atoms with van der Waals surface area (Å²) < 4.78 is 6.50. The lowest BCUT2D eigenvalue weighted by atomic mass is 10.1. The number of pyridine rings is 1. The Kier molecular flexibility index (Phi) is 3.80. The van der Waals surface area contributed by atoms with Crippen molar-refractivity contribution in [2.75, 3.05) is 0 Å². The van der Waals surface area contributed by atoms with Gasteiger partial charge in [0.2, 0.25) is 0 Å². The van der Waals surface area contributed by atoms with Gasteiger partial charge in [-0.15, -0.1) is 0 Å². The predicted molar refractivity (Wildman–Crippen MR) is 74.6 cm³/mol. The monoisotopic (exact) mass is 322 g/mol. The van der Waals surface area contributed by atoms with E-state index in [9.17, 15) is 10.1 Å². The summed E-state index contributed by atoms with van der Waals surface area (Å²) in [7, 11) is 0. The van der Waals surface area contributed by atoms with Crippen molar-refractivity contribution in [2.45, 2.75) is 13.8 Å². The molecule has 0 saturated heterocycles. The molecule has 1 heterocycles. The molecular weight excluding hydrogens is 312 g/mol. The molecule has 0 aliphatic heterocycles. The first kappa shape index (κ1) is 13.5. The number of nitro benzene ring substituents is 1. The van der Waals surface area contributed by atoms with E-state index in [-0.39, 0.29) is 5.69 Å². The minimum Gasteiger partial charge on any atom is -0.455 e. The van der Waals surface area contributed by atoms with Crippen molar-refractivity contribution >= 4 is 21.6 Å². The van der Waals surface area contributed by atoms with Crippen LogP contribution in [0.4, 0.5) is 5.69 Å². The maximum atomic E-state index is 10.8. The van der Waals surface area contributed by atoms with Crippen LogP contribution in [-0.4, -0.2) is 9.91 Å². The minimum absolute atomic E-state index is 0.0946. The van der Waals surface area contributed by atoms with Gasteiger partial charge in [0.25, 0.3) is 5.69 Å². The number of benzene rings is 1. The molecule has 0 bridgehead atoms. The Morgan fingerprint density at radius 3 is 2.58 bits per heavy atom. The number of rotatable bonds is 3. The molecule has 0 amide bonds. The molecule has 1 aromatic carbocycles. The van der Waals surface area contributed by atoms with Crippen molar-refractivity contribution in [1.29, 1.82) is 0 Å². The molecule has 6 heteroatoms. The topological polar surface area (TPSA) is 65.3 Å². The Morgan fingerprint density at radius 1 is 1.21 bits per heavy atom. The lowest BCUT2D eigenvalue weighted by Gasteiger charge is -2.09. The molecule has 0 unspecified atom stereocenters. The van der Waals surface area contributed by atoms with E-state index >= 15 is 0 Å². The van der Waals surface area contributed by atoms with Crippen molar-refractivity contribution in [3.8, 4) is 11.5 Å². The van der Waals surface area contributed by atoms with E-state index in [0.29, 0.717) is 22.6 Å². The summed E-state index contributed by atoms with van der Waals surface area (Å²) in [5, 5.41) is 10.8. The summed E-state index contributed by atoms with van der Waals surface area (Å²) >= 11 is 3.31. The van der Waals surface area contributed by atoms with E-state index in [1.807, 2.05) is 0 Å². The van der Waals surface area contributed by atoms with Gasteiger partial charge in [-0.25, -0.2) is 0 Å². The highest BCUT2D eigenvalue weighted by atomic mass is 79.9. The van der Waals surface area contributed by atoms with E-state index in [1.165, 1.54) is 6.07 Å². The van der Waals surface area contributed by atoms with Crippen molar-refractivity contribution in [2.24, 2.45) is 0 Å². The van der Waals surface area contributed by atoms with Crippen LogP contribution in [0.15, 0.2) is 35.1 Å². The van der Waals surface area contributed by atoms with Gasteiger partial charge in [0, 0.05) is 22.3 Å². The highest BCUT2D eigenvalue weighted by Gasteiger charge is 2.14. The van der Waals surface area contributed by atoms with Crippen molar-refractivity contribution in [1.82, 2.24) is 4.98 Å². The summed E-state index contributed by atoms with van der Waals surface area (Å²) in [5.74, 6) is 1.16. The van der Waals surface area contributed by atoms with Crippen molar-refractivity contribution < 1.29 is 9.66 Å². The third-order valence-electron chi connectivity index (χ3n) is 2.60. The Morgan fingerprint density at radius 2 is 1.95 bits per heavy atom. The standard InChI is InChI=1S/C13H11BrN2O3/c1-8-4-13(9(2)3-12(8)16(17)18)19-11-5-10(14)6-15-7-11/h3-7H,1-2H3. The molecule has 0 fully saturated rings. The average molecular weight is 323 g/mol. The molecule has 98 valence electrons. The van der Waals surface area contributed by atoms with Crippen LogP contribution in [0, 0.1) is 24.0 Å². The van der Waals surface area contributed by atoms with Gasteiger partial charge in [-0.1, -0.05) is 0 Å². The van der Waals surface area contributed by atoms with Gasteiger partial charge in [0.05, 0.1) is 11.1 Å². The lowest BCUT2D eigenvalue weighted by molar-refractivity contribution is -0.385. The summed E-state index contributed by atoms with van der Waals surface area (Å²) in [6, 6.07) is 4.95. The molecule has 2 rings (SSSR count). The highest BCUT2D eigenvalue weighted by Crippen LogP contribution is 2.31. The van der Waals surface area contributed by atoms with E-state index in [1.54, 1.807) is 38.4 Å². The summed E-state index contributed by atoms with van der Waals surface area (Å²) in [4.78, 5) is 14.4. The largest absolute Gasteiger partial charge is 0.455 e. The summed E-state index contributed by atoms with van der Waals surface area (Å²) in [5.41, 5.74) is 1.36. The first-order chi connectivity index (χ1) is 8.97. The van der Waals surface area contributed by atoms with Gasteiger partial charge in [-0.05, 0) is 47.5 Å². The van der Waals surface area contributed by atoms with Gasteiger partial charge in [0.15, 0.2) is 0 Å². The highest BCUT2D eigenvalue weighted by molar-refractivity contribution is 9.10. The Labute approximate surface area is 118 Å². The molecule has 0 spiro atoms. The molecule has 0 atom stereocenters. The second-order valence-electron chi connectivity index (χ2n) is 4.10. The first-order valence-corrected chi connectivity index (χ1v) is 6.30. The molecule has 2 aromatic rings. The Bertz CT molecular complexity index is 644. The zero-order chi connectivity index (χ0) is 14.0. The third-order valence-corrected chi connectivity index (χ3v) is 3.03. The van der Waals surface area contributed by atoms with E-state index in [2.05, 4.69) is 20.9 Å². The molecule has 5 nitrogen and oxygen atoms in total. The molecule has 19 heavy (non-hydrogen) atoms. The van der Waals surface area contributed by atoms with Crippen molar-refractivity contribution in [3.05, 3.63) is 56.3 Å². The van der Waals surface area contributed by atoms with Crippen LogP contribution in [0.25, 0.3) is 0 Å². The van der Waals surface area contributed by atoms with Crippen LogP contribution >= 0.6 is 15.9 Å². The lowest BCUT2D eigenvalue weighted by Crippen LogP contribution is -1.95. The molecule has 0 saturated carbocycles. The van der Waals surface area contributed by atoms with Gasteiger partial charge in [-0.2, -0.15) is 0 Å². The number of halogens is 1. The number of hydrogen-bond acceptors (Lipinski definition) is 4. The van der Waals surface area contributed by atoms with Crippen LogP contribution in [0.1, 0.15) is 11.1 Å². The second-order valence-corrected chi connectivity index (χ2v) is 5.02. The predicted octanol–water partition coefficient (Wildman–Crippen LogP) is 4.16. The molecular formula is C13H11BrN2O3. The van der Waals surface area contributed by atoms with Crippen LogP contribution in [0.3, 0.4) is 0 Å². The van der Waals surface area contributed by atoms with Crippen LogP contribution in [0.2, 0.25) is 0 Å². The van der Waals surface area contributed by atoms with Crippen molar-refractivity contribution in [3.63, 3.8) is 0 Å². The van der Waals surface area contributed by atoms with E-state index < -0.39 is 4.92 Å². The summed E-state index contributed by atoms with van der Waals surface area (Å²) in [6.07, 6.45) is 3.24. The fraction of sp³-hybridized carbons (Fsp3) is 0.154. The van der Waals surface area contributed by atoms with Crippen LogP contribution < -0.4 is 4.74 Å². The maximum Gasteiger partial charge on any atom is 0.272 e. The van der Waals surface area contributed by atoms with Gasteiger partial charge in [0.1, 0.15) is 11.5 Å². The number of aryl methyl sites for hydroxylation is 2. The van der Waals surface area contributed by atoms with Gasteiger partial charge < -0.3 is 4.74 Å². The number of aromatic nitrogens is 1. The molecule has 0 aliphatic rings. The fourth-order valence-corrected chi connectivity index (χ4v) is 2.00. The average Bonchev–Trinajstić information content (AvgIpc) is 2.33. The Hall–Kier alpha value is -1.95. The van der Waals surface area contributed by atoms with Crippen LogP contribution in [-0.2, 0) is 0 Å². The smallest absolute Gasteiger partial charge is 0.272 e.